The molecule has 3 aliphatic rings. The highest BCUT2D eigenvalue weighted by Crippen LogP contribution is 2.67. The average molecular weight is 336 g/mol. The minimum atomic E-state index is -0.490. The smallest absolute Gasteiger partial charge is 0.408 e. The van der Waals surface area contributed by atoms with Gasteiger partial charge in [0.1, 0.15) is 11.1 Å². The molecule has 2 aromatic heterocycles. The Bertz CT molecular complexity index is 789. The van der Waals surface area contributed by atoms with E-state index in [4.69, 9.17) is 20.8 Å². The number of rotatable bonds is 2. The second-order valence-electron chi connectivity index (χ2n) is 7.71. The molecule has 1 N–H and O–H groups in total. The largest absolute Gasteiger partial charge is 0.444 e. The molecule has 2 bridgehead atoms. The first-order valence-electron chi connectivity index (χ1n) is 7.63. The third-order valence-electron chi connectivity index (χ3n) is 4.46. The number of nitrogens with one attached hydrogen (secondary N) is 1. The molecule has 5 rings (SSSR count). The molecule has 7 heteroatoms. The zero-order valence-electron chi connectivity index (χ0n) is 13.3. The summed E-state index contributed by atoms with van der Waals surface area (Å²) in [5.74, 6) is 0.690. The van der Waals surface area contributed by atoms with E-state index in [1.807, 2.05) is 20.8 Å². The highest BCUT2D eigenvalue weighted by Gasteiger charge is 2.72. The molecule has 0 atom stereocenters. The number of hydrogen-bond donors (Lipinski definition) is 1. The van der Waals surface area contributed by atoms with Crippen LogP contribution in [0.3, 0.4) is 0 Å². The predicted octanol–water partition coefficient (Wildman–Crippen LogP) is 3.58. The molecule has 3 saturated carbocycles. The van der Waals surface area contributed by atoms with Gasteiger partial charge in [-0.05, 0) is 46.1 Å². The number of oxazole rings is 1. The fourth-order valence-corrected chi connectivity index (χ4v) is 3.85. The lowest BCUT2D eigenvalue weighted by atomic mass is 9.39. The Hall–Kier alpha value is -1.82. The Morgan fingerprint density at radius 2 is 2.09 bits per heavy atom. The molecule has 3 fully saturated rings. The van der Waals surface area contributed by atoms with Gasteiger partial charge in [0.25, 0.3) is 0 Å². The van der Waals surface area contributed by atoms with E-state index < -0.39 is 5.60 Å². The minimum Gasteiger partial charge on any atom is -0.444 e. The number of nitrogens with zero attached hydrogens (tertiary/aromatic N) is 2. The monoisotopic (exact) mass is 335 g/mol. The molecular formula is C16H18ClN3O3. The Morgan fingerprint density at radius 1 is 1.39 bits per heavy atom. The second-order valence-corrected chi connectivity index (χ2v) is 8.15. The van der Waals surface area contributed by atoms with Crippen LogP contribution in [0.1, 0.15) is 45.9 Å². The maximum Gasteiger partial charge on any atom is 0.408 e. The highest BCUT2D eigenvalue weighted by molar-refractivity contribution is 6.30. The molecule has 2 aromatic rings. The Morgan fingerprint density at radius 3 is 2.74 bits per heavy atom. The van der Waals surface area contributed by atoms with Crippen molar-refractivity contribution in [3.05, 3.63) is 23.2 Å². The fourth-order valence-electron chi connectivity index (χ4n) is 3.69. The van der Waals surface area contributed by atoms with E-state index in [0.717, 1.165) is 19.3 Å². The van der Waals surface area contributed by atoms with Gasteiger partial charge in [0, 0.05) is 11.7 Å². The van der Waals surface area contributed by atoms with Crippen LogP contribution in [-0.2, 0) is 10.2 Å². The van der Waals surface area contributed by atoms with Crippen LogP contribution in [0.2, 0.25) is 5.02 Å². The molecule has 0 spiro atoms. The topological polar surface area (TPSA) is 77.2 Å². The molecule has 6 nitrogen and oxygen atoms in total. The lowest BCUT2D eigenvalue weighted by Gasteiger charge is -2.68. The van der Waals surface area contributed by atoms with E-state index in [9.17, 15) is 4.79 Å². The van der Waals surface area contributed by atoms with Crippen molar-refractivity contribution in [1.82, 2.24) is 15.3 Å². The van der Waals surface area contributed by atoms with Crippen molar-refractivity contribution in [3.8, 4) is 0 Å². The van der Waals surface area contributed by atoms with Crippen molar-refractivity contribution >= 4 is 28.9 Å². The Labute approximate surface area is 138 Å². The maximum atomic E-state index is 11.9. The summed E-state index contributed by atoms with van der Waals surface area (Å²) < 4.78 is 11.1. The first-order valence-corrected chi connectivity index (χ1v) is 8.00. The molecule has 0 aromatic carbocycles. The summed E-state index contributed by atoms with van der Waals surface area (Å²) in [5.41, 5.74) is 0.432. The number of alkyl carbamates (subject to hydrolysis) is 1. The number of pyridine rings is 1. The third kappa shape index (κ3) is 2.36. The lowest BCUT2D eigenvalue weighted by molar-refractivity contribution is -0.102. The van der Waals surface area contributed by atoms with Crippen molar-refractivity contribution in [2.24, 2.45) is 0 Å². The van der Waals surface area contributed by atoms with Crippen molar-refractivity contribution in [2.75, 3.05) is 0 Å². The number of fused-ring (bicyclic) bond motifs is 1. The summed E-state index contributed by atoms with van der Waals surface area (Å²) in [6.45, 7) is 5.56. The maximum absolute atomic E-state index is 11.9. The average Bonchev–Trinajstić information content (AvgIpc) is 2.72. The van der Waals surface area contributed by atoms with E-state index >= 15 is 0 Å². The summed E-state index contributed by atoms with van der Waals surface area (Å²) in [5, 5.41) is 3.53. The van der Waals surface area contributed by atoms with Gasteiger partial charge in [0.15, 0.2) is 0 Å². The highest BCUT2D eigenvalue weighted by atomic mass is 35.5. The zero-order chi connectivity index (χ0) is 16.5. The Balaban J connectivity index is 1.45. The van der Waals surface area contributed by atoms with Gasteiger partial charge in [-0.15, -0.1) is 0 Å². The first-order chi connectivity index (χ1) is 10.7. The number of hydrogen-bond acceptors (Lipinski definition) is 5. The second kappa shape index (κ2) is 4.38. The van der Waals surface area contributed by atoms with E-state index in [1.165, 1.54) is 0 Å². The summed E-state index contributed by atoms with van der Waals surface area (Å²) in [6.07, 6.45) is 3.64. The van der Waals surface area contributed by atoms with Gasteiger partial charge in [0.05, 0.1) is 10.4 Å². The summed E-state index contributed by atoms with van der Waals surface area (Å²) in [7, 11) is 0. The quantitative estimate of drug-likeness (QED) is 0.907. The van der Waals surface area contributed by atoms with Gasteiger partial charge in [0.2, 0.25) is 11.6 Å². The summed E-state index contributed by atoms with van der Waals surface area (Å²) in [6, 6.07) is 1.75. The zero-order valence-corrected chi connectivity index (χ0v) is 14.0. The predicted molar refractivity (Wildman–Crippen MR) is 84.4 cm³/mol. The molecule has 23 heavy (non-hydrogen) atoms. The molecule has 2 heterocycles. The minimum absolute atomic E-state index is 0.0812. The van der Waals surface area contributed by atoms with Gasteiger partial charge >= 0.3 is 6.09 Å². The third-order valence-corrected chi connectivity index (χ3v) is 4.67. The van der Waals surface area contributed by atoms with Gasteiger partial charge in [-0.1, -0.05) is 11.6 Å². The molecule has 0 saturated heterocycles. The van der Waals surface area contributed by atoms with Crippen LogP contribution >= 0.6 is 11.6 Å². The number of aromatic nitrogens is 2. The molecule has 0 aliphatic heterocycles. The van der Waals surface area contributed by atoms with E-state index in [2.05, 4.69) is 15.3 Å². The fraction of sp³-hybridized carbons (Fsp3) is 0.562. The lowest BCUT2D eigenvalue weighted by Crippen LogP contribution is -2.77. The molecule has 0 unspecified atom stereocenters. The standard InChI is InChI=1S/C16H18ClN3O3/c1-14(2,3)23-13(21)20-16-6-15(7-16,8-16)12-19-10-4-9(17)5-18-11(10)22-12/h4-5H,6-8H2,1-3H3,(H,20,21). The van der Waals surface area contributed by atoms with Crippen molar-refractivity contribution in [1.29, 1.82) is 0 Å². The number of carbonyl (C=O) groups excluding carboxylic acids is 1. The molecule has 1 amide bonds. The van der Waals surface area contributed by atoms with Gasteiger partial charge < -0.3 is 14.5 Å². The van der Waals surface area contributed by atoms with Crippen LogP contribution in [0.25, 0.3) is 11.2 Å². The number of halogens is 1. The van der Waals surface area contributed by atoms with E-state index in [0.29, 0.717) is 22.1 Å². The normalized spacial score (nSPS) is 28.9. The summed E-state index contributed by atoms with van der Waals surface area (Å²) >= 11 is 5.93. The van der Waals surface area contributed by atoms with Crippen molar-refractivity contribution < 1.29 is 13.9 Å². The number of ether oxygens (including phenoxy) is 1. The Kier molecular flexibility index (Phi) is 2.81. The van der Waals surface area contributed by atoms with Gasteiger partial charge in [-0.3, -0.25) is 0 Å². The van der Waals surface area contributed by atoms with Crippen LogP contribution in [0.4, 0.5) is 4.79 Å². The SMILES string of the molecule is CC(C)(C)OC(=O)NC12CC(c3nc4cc(Cl)cnc4o3)(C1)C2. The molecular weight excluding hydrogens is 318 g/mol. The van der Waals surface area contributed by atoms with E-state index in [-0.39, 0.29) is 17.0 Å². The van der Waals surface area contributed by atoms with E-state index in [1.54, 1.807) is 12.3 Å². The number of carbonyl (C=O) groups is 1. The van der Waals surface area contributed by atoms with Crippen LogP contribution in [0, 0.1) is 0 Å². The van der Waals surface area contributed by atoms with Gasteiger partial charge in [-0.25, -0.2) is 14.8 Å². The molecule has 3 aliphatic carbocycles. The van der Waals surface area contributed by atoms with Crippen molar-refractivity contribution in [2.45, 2.75) is 56.6 Å². The summed E-state index contributed by atoms with van der Waals surface area (Å²) in [4.78, 5) is 20.6. The molecule has 0 radical (unpaired) electrons. The van der Waals surface area contributed by atoms with Gasteiger partial charge in [-0.2, -0.15) is 0 Å². The molecule has 122 valence electrons. The van der Waals surface area contributed by atoms with Crippen LogP contribution in [0.15, 0.2) is 16.7 Å². The first kappa shape index (κ1) is 14.8. The van der Waals surface area contributed by atoms with Crippen molar-refractivity contribution in [3.63, 3.8) is 0 Å². The van der Waals surface area contributed by atoms with Crippen LogP contribution in [0.5, 0.6) is 0 Å². The number of amides is 1. The van der Waals surface area contributed by atoms with Crippen LogP contribution in [-0.4, -0.2) is 27.2 Å². The van der Waals surface area contributed by atoms with Crippen LogP contribution < -0.4 is 5.32 Å².